The maximum absolute atomic E-state index is 13.2. The molecule has 4 amide bonds. The van der Waals surface area contributed by atoms with Crippen LogP contribution in [0.15, 0.2) is 24.3 Å². The average Bonchev–Trinajstić information content (AvgIpc) is 2.90. The molecule has 0 spiro atoms. The molecule has 0 bridgehead atoms. The van der Waals surface area contributed by atoms with Crippen molar-refractivity contribution in [2.45, 2.75) is 58.3 Å². The van der Waals surface area contributed by atoms with Crippen LogP contribution in [0.3, 0.4) is 0 Å². The summed E-state index contributed by atoms with van der Waals surface area (Å²) in [5.74, 6) is -6.77. The van der Waals surface area contributed by atoms with E-state index in [1.807, 2.05) is 0 Å². The van der Waals surface area contributed by atoms with E-state index in [4.69, 9.17) is 37.9 Å². The number of nitrogens with two attached hydrogens (primary N) is 3. The Bertz CT molecular complexity index is 1200. The van der Waals surface area contributed by atoms with Crippen molar-refractivity contribution in [2.24, 2.45) is 28.5 Å². The van der Waals surface area contributed by atoms with Crippen LogP contribution in [0.1, 0.15) is 44.7 Å². The zero-order valence-electron chi connectivity index (χ0n) is 24.7. The molecule has 1 rings (SSSR count). The Morgan fingerprint density at radius 2 is 1.43 bits per heavy atom. The zero-order chi connectivity index (χ0) is 34.4. The van der Waals surface area contributed by atoms with Crippen molar-refractivity contribution < 1.29 is 42.3 Å². The Balaban J connectivity index is 0.00000234. The highest BCUT2D eigenvalue weighted by Crippen LogP contribution is 2.21. The van der Waals surface area contributed by atoms with Gasteiger partial charge in [0.1, 0.15) is 23.8 Å². The molecular weight excluding hydrogens is 591 g/mol. The van der Waals surface area contributed by atoms with Gasteiger partial charge in [0.15, 0.2) is 5.96 Å². The number of carboxylic acids is 1. The largest absolute Gasteiger partial charge is 0.490 e. The van der Waals surface area contributed by atoms with E-state index >= 15 is 0 Å². The smallest absolute Gasteiger partial charge is 0.475 e. The first-order valence-electron chi connectivity index (χ1n) is 13.0. The number of aliphatic carboxylic acids is 1. The molecule has 0 aliphatic heterocycles. The van der Waals surface area contributed by atoms with Crippen molar-refractivity contribution in [2.75, 3.05) is 13.6 Å². The molecule has 1 aromatic rings. The number of halogens is 3. The lowest BCUT2D eigenvalue weighted by Gasteiger charge is -2.32. The zero-order valence-corrected chi connectivity index (χ0v) is 24.7. The lowest BCUT2D eigenvalue weighted by atomic mass is 9.85. The van der Waals surface area contributed by atoms with Gasteiger partial charge in [0.2, 0.25) is 23.6 Å². The maximum Gasteiger partial charge on any atom is 0.490 e. The summed E-state index contributed by atoms with van der Waals surface area (Å²) < 4.78 is 31.7. The summed E-state index contributed by atoms with van der Waals surface area (Å²) in [5.41, 5.74) is 16.6. The van der Waals surface area contributed by atoms with Gasteiger partial charge in [-0.25, -0.2) is 4.79 Å². The highest BCUT2D eigenvalue weighted by Gasteiger charge is 2.39. The quantitative estimate of drug-likeness (QED) is 0.0568. The Morgan fingerprint density at radius 3 is 1.82 bits per heavy atom. The van der Waals surface area contributed by atoms with Crippen molar-refractivity contribution in [3.63, 3.8) is 0 Å². The van der Waals surface area contributed by atoms with Gasteiger partial charge >= 0.3 is 12.1 Å². The summed E-state index contributed by atoms with van der Waals surface area (Å²) in [5, 5.41) is 32.1. The molecule has 0 saturated carbocycles. The third kappa shape index (κ3) is 14.3. The number of hydrogen-bond acceptors (Lipinski definition) is 7. The van der Waals surface area contributed by atoms with Crippen LogP contribution in [0.5, 0.6) is 0 Å². The van der Waals surface area contributed by atoms with Crippen molar-refractivity contribution in [1.82, 2.24) is 21.3 Å². The van der Waals surface area contributed by atoms with Gasteiger partial charge in [0, 0.05) is 19.2 Å². The van der Waals surface area contributed by atoms with Crippen LogP contribution in [0.25, 0.3) is 0 Å². The number of nitrogen functional groups attached to an aromatic ring is 1. The molecule has 1 aromatic carbocycles. The van der Waals surface area contributed by atoms with Crippen molar-refractivity contribution >= 4 is 41.4 Å². The number of benzene rings is 1. The number of guanidine groups is 1. The minimum Gasteiger partial charge on any atom is -0.475 e. The number of carbonyl (C=O) groups excluding carboxylic acids is 4. The molecule has 3 atom stereocenters. The van der Waals surface area contributed by atoms with Crippen LogP contribution in [0.4, 0.5) is 13.2 Å². The number of nitrogens with one attached hydrogen (secondary N) is 6. The second kappa shape index (κ2) is 17.3. The molecule has 0 fully saturated rings. The summed E-state index contributed by atoms with van der Waals surface area (Å²) in [6.07, 6.45) is -4.43. The fraction of sp³-hybridized carbons (Fsp3) is 0.500. The number of carboxylic acid groups (broad SMARTS) is 1. The molecule has 0 heterocycles. The van der Waals surface area contributed by atoms with E-state index in [0.29, 0.717) is 24.1 Å². The molecule has 0 aliphatic carbocycles. The van der Waals surface area contributed by atoms with Crippen molar-refractivity contribution in [3.05, 3.63) is 35.4 Å². The lowest BCUT2D eigenvalue weighted by molar-refractivity contribution is -0.192. The predicted molar refractivity (Wildman–Crippen MR) is 154 cm³/mol. The molecule has 13 N–H and O–H groups in total. The number of amides is 4. The van der Waals surface area contributed by atoms with Gasteiger partial charge in [-0.05, 0) is 30.2 Å². The van der Waals surface area contributed by atoms with Crippen LogP contribution in [-0.2, 0) is 30.4 Å². The number of amidine groups is 1. The summed E-state index contributed by atoms with van der Waals surface area (Å²) in [6.45, 7) is 5.53. The first kappa shape index (κ1) is 39.1. The fourth-order valence-corrected chi connectivity index (χ4v) is 3.52. The summed E-state index contributed by atoms with van der Waals surface area (Å²) in [6, 6.07) is 4.51. The van der Waals surface area contributed by atoms with E-state index in [0.717, 1.165) is 0 Å². The van der Waals surface area contributed by atoms with E-state index in [2.05, 4.69) is 21.3 Å². The Labute approximate surface area is 251 Å². The predicted octanol–water partition coefficient (Wildman–Crippen LogP) is -0.727. The van der Waals surface area contributed by atoms with E-state index in [-0.39, 0.29) is 24.6 Å². The standard InChI is InChI=1S/C24H39N9O4.C2HF3O2/c1-24(2,3)17(22(37)32-16(19(27)34)6-5-11-31-23(28)29)33-21(36)15(20(35)30-4)12-13-7-9-14(10-8-13)18(25)26;3-2(4,5)1(6)7/h7-10,15-17H,5-6,11-12H2,1-4H3,(H3,25,26)(H2,27,34)(H,30,35)(H,32,37)(H,33,36)(H4,28,29,31);(H,6,7)/t15?,16-,17?;/m0./s1. The number of carbonyl (C=O) groups is 5. The highest BCUT2D eigenvalue weighted by atomic mass is 19.4. The molecule has 0 aromatic heterocycles. The summed E-state index contributed by atoms with van der Waals surface area (Å²) >= 11 is 0. The molecule has 0 radical (unpaired) electrons. The van der Waals surface area contributed by atoms with Crippen molar-refractivity contribution in [3.8, 4) is 0 Å². The van der Waals surface area contributed by atoms with E-state index in [9.17, 15) is 32.3 Å². The molecule has 246 valence electrons. The molecule has 44 heavy (non-hydrogen) atoms. The Hall–Kier alpha value is -4.90. The van der Waals surface area contributed by atoms with Crippen LogP contribution in [0, 0.1) is 22.2 Å². The minimum atomic E-state index is -5.08. The van der Waals surface area contributed by atoms with Crippen LogP contribution >= 0.6 is 0 Å². The van der Waals surface area contributed by atoms with Crippen LogP contribution in [0.2, 0.25) is 0 Å². The van der Waals surface area contributed by atoms with Gasteiger partial charge < -0.3 is 43.6 Å². The SMILES string of the molecule is CNC(=O)C(Cc1ccc(C(=N)N)cc1)C(=O)NC(C(=O)N[C@@H](CCCNC(=N)N)C(N)=O)C(C)(C)C.O=C(O)C(F)(F)F. The number of rotatable bonds is 13. The first-order valence-corrected chi connectivity index (χ1v) is 13.0. The van der Waals surface area contributed by atoms with E-state index in [1.165, 1.54) is 7.05 Å². The number of alkyl halides is 3. The van der Waals surface area contributed by atoms with Crippen molar-refractivity contribution in [1.29, 1.82) is 10.8 Å². The molecule has 0 aliphatic rings. The Morgan fingerprint density at radius 1 is 0.909 bits per heavy atom. The van der Waals surface area contributed by atoms with Gasteiger partial charge in [-0.3, -0.25) is 30.0 Å². The molecule has 2 unspecified atom stereocenters. The normalized spacial score (nSPS) is 13.1. The van der Waals surface area contributed by atoms with Gasteiger partial charge in [0.25, 0.3) is 0 Å². The maximum atomic E-state index is 13.2. The van der Waals surface area contributed by atoms with Gasteiger partial charge in [-0.1, -0.05) is 45.0 Å². The number of hydrogen-bond donors (Lipinski definition) is 10. The fourth-order valence-electron chi connectivity index (χ4n) is 3.52. The van der Waals surface area contributed by atoms with Gasteiger partial charge in [-0.15, -0.1) is 0 Å². The summed E-state index contributed by atoms with van der Waals surface area (Å²) in [7, 11) is 1.41. The molecule has 18 heteroatoms. The van der Waals surface area contributed by atoms with Gasteiger partial charge in [0.05, 0.1) is 0 Å². The molecular formula is C26H40F3N9O6. The van der Waals surface area contributed by atoms with Gasteiger partial charge in [-0.2, -0.15) is 13.2 Å². The Kier molecular flexibility index (Phi) is 15.3. The monoisotopic (exact) mass is 631 g/mol. The minimum absolute atomic E-state index is 0.0508. The molecule has 0 saturated heterocycles. The van der Waals surface area contributed by atoms with Crippen LogP contribution in [-0.4, -0.2) is 78.4 Å². The molecule has 15 nitrogen and oxygen atoms in total. The third-order valence-corrected chi connectivity index (χ3v) is 5.89. The summed E-state index contributed by atoms with van der Waals surface area (Å²) in [4.78, 5) is 59.8. The van der Waals surface area contributed by atoms with Crippen LogP contribution < -0.4 is 38.5 Å². The number of primary amides is 1. The third-order valence-electron chi connectivity index (χ3n) is 5.89. The van der Waals surface area contributed by atoms with E-state index in [1.54, 1.807) is 45.0 Å². The topological polar surface area (TPSA) is 279 Å². The first-order chi connectivity index (χ1) is 20.1. The second-order valence-corrected chi connectivity index (χ2v) is 10.5. The second-order valence-electron chi connectivity index (χ2n) is 10.5. The highest BCUT2D eigenvalue weighted by molar-refractivity contribution is 6.02. The van der Waals surface area contributed by atoms with E-state index < -0.39 is 59.2 Å². The lowest BCUT2D eigenvalue weighted by Crippen LogP contribution is -2.59. The average molecular weight is 632 g/mol.